The summed E-state index contributed by atoms with van der Waals surface area (Å²) >= 11 is 0. The highest BCUT2D eigenvalue weighted by atomic mass is 19.1. The van der Waals surface area contributed by atoms with E-state index in [1.165, 1.54) is 7.11 Å². The number of aromatic amines is 1. The third-order valence-electron chi connectivity index (χ3n) is 7.12. The van der Waals surface area contributed by atoms with Gasteiger partial charge in [-0.25, -0.2) is 19.5 Å². The van der Waals surface area contributed by atoms with Crippen LogP contribution in [0.5, 0.6) is 11.5 Å². The quantitative estimate of drug-likeness (QED) is 0.301. The number of ketones is 1. The van der Waals surface area contributed by atoms with Crippen LogP contribution in [-0.4, -0.2) is 23.7 Å². The minimum Gasteiger partial charge on any atom is -0.496 e. The van der Waals surface area contributed by atoms with E-state index in [1.54, 1.807) is 49.5 Å². The Balaban J connectivity index is 1.55. The van der Waals surface area contributed by atoms with Crippen LogP contribution in [0.1, 0.15) is 43.2 Å². The summed E-state index contributed by atoms with van der Waals surface area (Å²) in [5.74, 6) is -1.10. The van der Waals surface area contributed by atoms with Gasteiger partial charge in [0.1, 0.15) is 18.2 Å². The van der Waals surface area contributed by atoms with Crippen molar-refractivity contribution in [2.75, 3.05) is 12.4 Å². The first kappa shape index (κ1) is 27.5. The number of aromatic nitrogens is 1. The van der Waals surface area contributed by atoms with Crippen molar-refractivity contribution in [1.29, 1.82) is 0 Å². The minimum absolute atomic E-state index is 0.0446. The molecule has 2 aliphatic rings. The molecule has 2 aromatic carbocycles. The summed E-state index contributed by atoms with van der Waals surface area (Å²) in [4.78, 5) is 40.8. The third-order valence-corrected chi connectivity index (χ3v) is 7.12. The number of carbonyl (C=O) groups excluding carboxylic acids is 2. The number of nitro groups is 1. The van der Waals surface area contributed by atoms with Gasteiger partial charge in [-0.05, 0) is 49.6 Å². The number of anilines is 1. The number of nitrogens with one attached hydrogen (secondary N) is 3. The van der Waals surface area contributed by atoms with Crippen LogP contribution in [0, 0.1) is 15.9 Å². The molecule has 3 N–H and O–H groups in total. The summed E-state index contributed by atoms with van der Waals surface area (Å²) < 4.78 is 25.1. The maximum Gasteiger partial charge on any atom is 0.337 e. The number of dihydropyridines is 1. The summed E-state index contributed by atoms with van der Waals surface area (Å²) in [6.45, 7) is 1.62. The second-order valence-electron chi connectivity index (χ2n) is 9.73. The number of amides is 1. The zero-order valence-corrected chi connectivity index (χ0v) is 22.5. The highest BCUT2D eigenvalue weighted by molar-refractivity contribution is 6.09. The van der Waals surface area contributed by atoms with E-state index in [1.807, 2.05) is 0 Å². The van der Waals surface area contributed by atoms with E-state index in [2.05, 4.69) is 15.6 Å². The molecule has 210 valence electrons. The normalized spacial score (nSPS) is 16.6. The molecule has 41 heavy (non-hydrogen) atoms. The Kier molecular flexibility index (Phi) is 7.77. The average molecular weight is 560 g/mol. The number of benzene rings is 2. The molecule has 1 aromatic heterocycles. The van der Waals surface area contributed by atoms with Crippen LogP contribution in [0.15, 0.2) is 83.3 Å². The molecule has 0 saturated carbocycles. The highest BCUT2D eigenvalue weighted by Gasteiger charge is 2.40. The van der Waals surface area contributed by atoms with Gasteiger partial charge >= 0.3 is 11.6 Å². The molecule has 5 rings (SSSR count). The summed E-state index contributed by atoms with van der Waals surface area (Å²) in [5.41, 5.74) is 3.09. The highest BCUT2D eigenvalue weighted by Crippen LogP contribution is 2.43. The number of carbonyl (C=O) groups is 2. The zero-order chi connectivity index (χ0) is 29.1. The minimum atomic E-state index is -0.684. The van der Waals surface area contributed by atoms with Crippen molar-refractivity contribution in [1.82, 2.24) is 5.32 Å². The van der Waals surface area contributed by atoms with Gasteiger partial charge in [0.15, 0.2) is 11.5 Å². The molecule has 0 spiro atoms. The lowest BCUT2D eigenvalue weighted by atomic mass is 9.74. The van der Waals surface area contributed by atoms with Crippen LogP contribution >= 0.6 is 0 Å². The molecule has 1 unspecified atom stereocenters. The number of hydrogen-bond acceptors (Lipinski definition) is 7. The SMILES string of the molecule is COc1ccc(C2C(C(=O)Nc3cccc[nH+]3)=C(C)NC3=C2C(=O)CCC3)cc1COc1cc(F)ccc1[N+](=O)[O-]. The Morgan fingerprint density at radius 1 is 1.17 bits per heavy atom. The van der Waals surface area contributed by atoms with Gasteiger partial charge in [0.25, 0.3) is 5.82 Å². The number of ether oxygens (including phenoxy) is 2. The summed E-state index contributed by atoms with van der Waals surface area (Å²) in [6, 6.07) is 13.5. The van der Waals surface area contributed by atoms with Crippen LogP contribution < -0.4 is 25.1 Å². The first-order valence-corrected chi connectivity index (χ1v) is 13.0. The molecule has 0 radical (unpaired) electrons. The Labute approximate surface area is 235 Å². The molecule has 1 aliphatic carbocycles. The molecule has 11 heteroatoms. The van der Waals surface area contributed by atoms with Gasteiger partial charge in [0, 0.05) is 53.1 Å². The van der Waals surface area contributed by atoms with Gasteiger partial charge in [-0.15, -0.1) is 0 Å². The fourth-order valence-electron chi connectivity index (χ4n) is 5.28. The van der Waals surface area contributed by atoms with E-state index in [0.717, 1.165) is 23.9 Å². The van der Waals surface area contributed by atoms with E-state index >= 15 is 0 Å². The summed E-state index contributed by atoms with van der Waals surface area (Å²) in [5, 5.41) is 17.6. The van der Waals surface area contributed by atoms with Crippen molar-refractivity contribution in [2.45, 2.75) is 38.7 Å². The number of H-pyrrole nitrogens is 1. The van der Waals surface area contributed by atoms with E-state index in [-0.39, 0.29) is 29.7 Å². The molecule has 3 aromatic rings. The van der Waals surface area contributed by atoms with E-state index < -0.39 is 16.7 Å². The van der Waals surface area contributed by atoms with Gasteiger partial charge in [-0.3, -0.25) is 14.9 Å². The number of allylic oxidation sites excluding steroid dienone is 3. The van der Waals surface area contributed by atoms with E-state index in [4.69, 9.17) is 9.47 Å². The predicted octanol–water partition coefficient (Wildman–Crippen LogP) is 4.74. The van der Waals surface area contributed by atoms with Crippen LogP contribution in [0.4, 0.5) is 15.9 Å². The van der Waals surface area contributed by atoms with Crippen LogP contribution in [0.3, 0.4) is 0 Å². The lowest BCUT2D eigenvalue weighted by molar-refractivity contribution is -0.386. The number of methoxy groups -OCH3 is 1. The predicted molar refractivity (Wildman–Crippen MR) is 146 cm³/mol. The maximum atomic E-state index is 13.9. The Morgan fingerprint density at radius 2 is 2.00 bits per heavy atom. The van der Waals surface area contributed by atoms with Crippen molar-refractivity contribution in [3.63, 3.8) is 0 Å². The molecule has 1 amide bonds. The number of rotatable bonds is 8. The smallest absolute Gasteiger partial charge is 0.337 e. The summed E-state index contributed by atoms with van der Waals surface area (Å²) in [6.07, 6.45) is 3.44. The standard InChI is InChI=1S/C30H27FN4O6/c1-17-27(30(37)34-26-8-3-4-13-32-26)28(29-21(33-17)6-5-7-23(29)36)18-9-12-24(40-2)19(14-18)16-41-25-15-20(31)10-11-22(25)35(38)39/h3-4,8-15,28,33H,5-7,16H2,1-2H3,(H,32,34,37)/p+1. The molecule has 10 nitrogen and oxygen atoms in total. The van der Waals surface area contributed by atoms with Gasteiger partial charge in [0.05, 0.1) is 23.8 Å². The van der Waals surface area contributed by atoms with Crippen LogP contribution in [0.25, 0.3) is 0 Å². The number of pyridine rings is 1. The second-order valence-corrected chi connectivity index (χ2v) is 9.73. The molecule has 2 heterocycles. The van der Waals surface area contributed by atoms with E-state index in [0.29, 0.717) is 58.8 Å². The Morgan fingerprint density at radius 3 is 2.73 bits per heavy atom. The zero-order valence-electron chi connectivity index (χ0n) is 22.5. The lowest BCUT2D eigenvalue weighted by Crippen LogP contribution is -2.36. The fourth-order valence-corrected chi connectivity index (χ4v) is 5.28. The topological polar surface area (TPSA) is 134 Å². The van der Waals surface area contributed by atoms with Crippen molar-refractivity contribution >= 4 is 23.2 Å². The second kappa shape index (κ2) is 11.6. The summed E-state index contributed by atoms with van der Waals surface area (Å²) in [7, 11) is 1.47. The van der Waals surface area contributed by atoms with Crippen LogP contribution in [-0.2, 0) is 16.2 Å². The van der Waals surface area contributed by atoms with Gasteiger partial charge < -0.3 is 14.8 Å². The van der Waals surface area contributed by atoms with Gasteiger partial charge in [0.2, 0.25) is 0 Å². The molecular formula is C30H28FN4O6+. The first-order chi connectivity index (χ1) is 19.8. The molecule has 1 atom stereocenters. The maximum absolute atomic E-state index is 13.9. The number of halogens is 1. The third kappa shape index (κ3) is 5.65. The number of nitrogens with zero attached hydrogens (tertiary/aromatic N) is 1. The average Bonchev–Trinajstić information content (AvgIpc) is 2.95. The Hall–Kier alpha value is -5.06. The van der Waals surface area contributed by atoms with Crippen molar-refractivity contribution in [2.24, 2.45) is 0 Å². The van der Waals surface area contributed by atoms with Gasteiger partial charge in [-0.2, -0.15) is 0 Å². The number of nitro benzene ring substituents is 1. The fraction of sp³-hybridized carbons (Fsp3) is 0.233. The molecule has 0 saturated heterocycles. The molecular weight excluding hydrogens is 531 g/mol. The molecule has 0 bridgehead atoms. The monoisotopic (exact) mass is 559 g/mol. The van der Waals surface area contributed by atoms with Gasteiger partial charge in [-0.1, -0.05) is 12.1 Å². The molecule has 0 fully saturated rings. The lowest BCUT2D eigenvalue weighted by Gasteiger charge is -2.34. The number of hydrogen-bond donors (Lipinski definition) is 2. The Bertz CT molecular complexity index is 1600. The van der Waals surface area contributed by atoms with Crippen LogP contribution in [0.2, 0.25) is 0 Å². The van der Waals surface area contributed by atoms with Crippen molar-refractivity contribution < 1.29 is 33.4 Å². The largest absolute Gasteiger partial charge is 0.496 e. The number of Topliss-reactive ketones (excluding diaryl/α,β-unsaturated/α-hetero) is 1. The van der Waals surface area contributed by atoms with E-state index in [9.17, 15) is 24.1 Å². The van der Waals surface area contributed by atoms with Crippen molar-refractivity contribution in [3.8, 4) is 11.5 Å². The molecule has 1 aliphatic heterocycles. The first-order valence-electron chi connectivity index (χ1n) is 13.0. The van der Waals surface area contributed by atoms with Crippen molar-refractivity contribution in [3.05, 3.63) is 110 Å².